The second-order valence-electron chi connectivity index (χ2n) is 5.04. The molecule has 134 valence electrons. The molecule has 0 bridgehead atoms. The van der Waals surface area contributed by atoms with E-state index in [1.165, 1.54) is 7.11 Å². The number of aliphatic carboxylic acids is 1. The lowest BCUT2D eigenvalue weighted by atomic mass is 10.1. The van der Waals surface area contributed by atoms with Crippen LogP contribution >= 0.6 is 35.6 Å². The van der Waals surface area contributed by atoms with E-state index in [1.807, 2.05) is 6.92 Å². The minimum atomic E-state index is -1.13. The van der Waals surface area contributed by atoms with Crippen molar-refractivity contribution >= 4 is 57.9 Å². The third-order valence-electron chi connectivity index (χ3n) is 3.17. The largest absolute Gasteiger partial charge is 0.493 e. The van der Waals surface area contributed by atoms with Crippen LogP contribution in [0.3, 0.4) is 0 Å². The average Bonchev–Trinajstić information content (AvgIpc) is 2.80. The van der Waals surface area contributed by atoms with Gasteiger partial charge in [-0.25, -0.2) is 0 Å². The average molecular weight is 402 g/mol. The van der Waals surface area contributed by atoms with E-state index in [4.69, 9.17) is 38.4 Å². The molecule has 1 N–H and O–H groups in total. The molecule has 1 aliphatic heterocycles. The van der Waals surface area contributed by atoms with Crippen LogP contribution in [0.2, 0.25) is 5.02 Å². The highest BCUT2D eigenvalue weighted by molar-refractivity contribution is 8.26. The van der Waals surface area contributed by atoms with Gasteiger partial charge in [0, 0.05) is 0 Å². The molecule has 9 heteroatoms. The summed E-state index contributed by atoms with van der Waals surface area (Å²) in [5, 5.41) is 9.22. The molecule has 0 spiro atoms. The van der Waals surface area contributed by atoms with Gasteiger partial charge in [0.1, 0.15) is 10.9 Å². The molecule has 0 aliphatic carbocycles. The van der Waals surface area contributed by atoms with Crippen LogP contribution in [-0.4, -0.2) is 46.5 Å². The first-order valence-corrected chi connectivity index (χ1v) is 8.95. The zero-order chi connectivity index (χ0) is 18.6. The predicted molar refractivity (Wildman–Crippen MR) is 101 cm³/mol. The molecule has 1 aromatic carbocycles. The maximum absolute atomic E-state index is 12.3. The topological polar surface area (TPSA) is 76.1 Å². The van der Waals surface area contributed by atoms with Gasteiger partial charge < -0.3 is 14.6 Å². The lowest BCUT2D eigenvalue weighted by molar-refractivity contribution is -0.140. The first-order valence-electron chi connectivity index (χ1n) is 7.34. The minimum Gasteiger partial charge on any atom is -0.493 e. The summed E-state index contributed by atoms with van der Waals surface area (Å²) in [5.74, 6) is -0.673. The van der Waals surface area contributed by atoms with E-state index < -0.39 is 18.4 Å². The highest BCUT2D eigenvalue weighted by atomic mass is 35.5. The summed E-state index contributed by atoms with van der Waals surface area (Å²) in [5.41, 5.74) is 0.626. The minimum absolute atomic E-state index is 0.208. The Morgan fingerprint density at radius 3 is 2.80 bits per heavy atom. The van der Waals surface area contributed by atoms with Crippen molar-refractivity contribution < 1.29 is 24.2 Å². The van der Waals surface area contributed by atoms with E-state index in [9.17, 15) is 9.59 Å². The standard InChI is InChI=1S/C16H16ClNO5S2/c1-3-4-23-14-10(17)5-9(6-11(14)22-2)7-12-15(21)18(8-13(19)20)16(24)25-12/h5-7H,3-4,8H2,1-2H3,(H,19,20)/b12-7-. The van der Waals surface area contributed by atoms with Crippen molar-refractivity contribution in [1.82, 2.24) is 4.90 Å². The van der Waals surface area contributed by atoms with Crippen molar-refractivity contribution in [3.8, 4) is 11.5 Å². The fourth-order valence-electron chi connectivity index (χ4n) is 2.09. The van der Waals surface area contributed by atoms with Crippen molar-refractivity contribution in [3.05, 3.63) is 27.6 Å². The lowest BCUT2D eigenvalue weighted by Gasteiger charge is -2.13. The highest BCUT2D eigenvalue weighted by Crippen LogP contribution is 2.39. The summed E-state index contributed by atoms with van der Waals surface area (Å²) in [6, 6.07) is 3.35. The Morgan fingerprint density at radius 2 is 2.20 bits per heavy atom. The van der Waals surface area contributed by atoms with Crippen LogP contribution in [0, 0.1) is 0 Å². The third kappa shape index (κ3) is 4.65. The summed E-state index contributed by atoms with van der Waals surface area (Å²) in [6.45, 7) is 2.02. The molecule has 1 saturated heterocycles. The quantitative estimate of drug-likeness (QED) is 0.554. The fourth-order valence-corrected chi connectivity index (χ4v) is 3.62. The van der Waals surface area contributed by atoms with Crippen molar-refractivity contribution in [3.63, 3.8) is 0 Å². The van der Waals surface area contributed by atoms with Crippen LogP contribution in [0.25, 0.3) is 6.08 Å². The van der Waals surface area contributed by atoms with Crippen LogP contribution in [0.15, 0.2) is 17.0 Å². The number of ether oxygens (including phenoxy) is 2. The van der Waals surface area contributed by atoms with E-state index in [-0.39, 0.29) is 4.32 Å². The maximum Gasteiger partial charge on any atom is 0.323 e. The van der Waals surface area contributed by atoms with Crippen molar-refractivity contribution in [2.75, 3.05) is 20.3 Å². The zero-order valence-corrected chi connectivity index (χ0v) is 16.0. The molecule has 1 fully saturated rings. The van der Waals surface area contributed by atoms with E-state index in [0.717, 1.165) is 23.1 Å². The van der Waals surface area contributed by atoms with Gasteiger partial charge in [-0.15, -0.1) is 0 Å². The number of hydrogen-bond donors (Lipinski definition) is 1. The number of amides is 1. The lowest BCUT2D eigenvalue weighted by Crippen LogP contribution is -2.33. The first-order chi connectivity index (χ1) is 11.9. The Morgan fingerprint density at radius 1 is 1.48 bits per heavy atom. The molecule has 1 heterocycles. The fraction of sp³-hybridized carbons (Fsp3) is 0.312. The molecule has 0 saturated carbocycles. The van der Waals surface area contributed by atoms with Crippen LogP contribution in [0.4, 0.5) is 0 Å². The zero-order valence-electron chi connectivity index (χ0n) is 13.6. The van der Waals surface area contributed by atoms with Gasteiger partial charge in [-0.1, -0.05) is 42.5 Å². The maximum atomic E-state index is 12.3. The van der Waals surface area contributed by atoms with Crippen molar-refractivity contribution in [1.29, 1.82) is 0 Å². The molecular formula is C16H16ClNO5S2. The van der Waals surface area contributed by atoms with Gasteiger partial charge in [0.15, 0.2) is 11.5 Å². The summed E-state index contributed by atoms with van der Waals surface area (Å²) >= 11 is 12.4. The molecule has 0 radical (unpaired) electrons. The van der Waals surface area contributed by atoms with Gasteiger partial charge in [-0.3, -0.25) is 14.5 Å². The van der Waals surface area contributed by atoms with E-state index >= 15 is 0 Å². The molecule has 1 aromatic rings. The Kier molecular flexibility index (Phi) is 6.69. The number of hydrogen-bond acceptors (Lipinski definition) is 6. The van der Waals surface area contributed by atoms with Gasteiger partial charge >= 0.3 is 5.97 Å². The number of carbonyl (C=O) groups excluding carboxylic acids is 1. The summed E-state index contributed by atoms with van der Waals surface area (Å²) in [6.07, 6.45) is 2.42. The van der Waals surface area contributed by atoms with Crippen LogP contribution in [0.1, 0.15) is 18.9 Å². The number of halogens is 1. The molecule has 1 aliphatic rings. The summed E-state index contributed by atoms with van der Waals surface area (Å²) < 4.78 is 11.1. The first kappa shape index (κ1) is 19.6. The number of nitrogens with zero attached hydrogens (tertiary/aromatic N) is 1. The molecule has 0 aromatic heterocycles. The van der Waals surface area contributed by atoms with Crippen molar-refractivity contribution in [2.24, 2.45) is 0 Å². The predicted octanol–water partition coefficient (Wildman–Crippen LogP) is 3.42. The van der Waals surface area contributed by atoms with Gasteiger partial charge in [0.2, 0.25) is 0 Å². The summed E-state index contributed by atoms with van der Waals surface area (Å²) in [7, 11) is 1.50. The second-order valence-corrected chi connectivity index (χ2v) is 7.13. The van der Waals surface area contributed by atoms with Gasteiger partial charge in [0.05, 0.1) is 23.6 Å². The SMILES string of the molecule is CCCOc1c(Cl)cc(/C=C2\SC(=S)N(CC(=O)O)C2=O)cc1OC. The van der Waals surface area contributed by atoms with Crippen LogP contribution < -0.4 is 9.47 Å². The number of carboxylic acids is 1. The van der Waals surface area contributed by atoms with Gasteiger partial charge in [0.25, 0.3) is 5.91 Å². The van der Waals surface area contributed by atoms with E-state index in [1.54, 1.807) is 18.2 Å². The Labute approximate surface area is 159 Å². The van der Waals surface area contributed by atoms with E-state index in [0.29, 0.717) is 33.6 Å². The second kappa shape index (κ2) is 8.55. The Hall–Kier alpha value is -1.77. The molecule has 25 heavy (non-hydrogen) atoms. The normalized spacial score (nSPS) is 15.8. The number of thiocarbonyl (C=S) groups is 1. The molecule has 6 nitrogen and oxygen atoms in total. The number of thioether (sulfide) groups is 1. The number of rotatable bonds is 7. The molecule has 0 atom stereocenters. The van der Waals surface area contributed by atoms with Gasteiger partial charge in [-0.05, 0) is 30.2 Å². The molecule has 2 rings (SSSR count). The number of carbonyl (C=O) groups is 2. The van der Waals surface area contributed by atoms with E-state index in [2.05, 4.69) is 0 Å². The molecular weight excluding hydrogens is 386 g/mol. The Balaban J connectivity index is 2.32. The smallest absolute Gasteiger partial charge is 0.323 e. The molecule has 1 amide bonds. The van der Waals surface area contributed by atoms with Crippen molar-refractivity contribution in [2.45, 2.75) is 13.3 Å². The third-order valence-corrected chi connectivity index (χ3v) is 4.83. The van der Waals surface area contributed by atoms with Gasteiger partial charge in [-0.2, -0.15) is 0 Å². The number of benzene rings is 1. The highest BCUT2D eigenvalue weighted by Gasteiger charge is 2.33. The number of methoxy groups -OCH3 is 1. The summed E-state index contributed by atoms with van der Waals surface area (Å²) in [4.78, 5) is 24.5. The monoisotopic (exact) mass is 401 g/mol. The number of carboxylic acid groups (broad SMARTS) is 1. The Bertz CT molecular complexity index is 750. The molecule has 0 unspecified atom stereocenters. The van der Waals surface area contributed by atoms with Crippen LogP contribution in [0.5, 0.6) is 11.5 Å². The van der Waals surface area contributed by atoms with Crippen LogP contribution in [-0.2, 0) is 9.59 Å².